The van der Waals surface area contributed by atoms with Gasteiger partial charge in [0.2, 0.25) is 0 Å². The Morgan fingerprint density at radius 2 is 0.907 bits per heavy atom. The van der Waals surface area contributed by atoms with Gasteiger partial charge in [0.15, 0.2) is 0 Å². The second kappa shape index (κ2) is 9.44. The van der Waals surface area contributed by atoms with Crippen molar-refractivity contribution in [2.24, 2.45) is 0 Å². The van der Waals surface area contributed by atoms with E-state index in [1.807, 2.05) is 0 Å². The van der Waals surface area contributed by atoms with Crippen LogP contribution in [0.2, 0.25) is 0 Å². The molecule has 9 rings (SSSR count). The van der Waals surface area contributed by atoms with Crippen molar-refractivity contribution in [1.29, 1.82) is 0 Å². The average Bonchev–Trinajstić information content (AvgIpc) is 3.73. The Morgan fingerprint density at radius 1 is 0.349 bits per heavy atom. The molecule has 8 aromatic carbocycles. The van der Waals surface area contributed by atoms with E-state index in [1.54, 1.807) is 0 Å². The molecule has 0 aliphatic rings. The first-order valence-corrected chi connectivity index (χ1v) is 12.7. The van der Waals surface area contributed by atoms with Crippen LogP contribution in [0.25, 0.3) is 87.6 Å². The molecule has 1 nitrogen and oxygen atoms in total. The maximum Gasteiger partial charge on any atom is 0.136 e. The van der Waals surface area contributed by atoms with Crippen LogP contribution in [-0.4, -0.2) is 0 Å². The van der Waals surface area contributed by atoms with E-state index in [9.17, 15) is 11.0 Å². The van der Waals surface area contributed by atoms with E-state index in [-0.39, 0.29) is 10.8 Å². The number of rotatable bonds is 3. The number of para-hydroxylation sites is 1. The molecule has 0 amide bonds. The highest BCUT2D eigenvalue weighted by Crippen LogP contribution is 2.44. The van der Waals surface area contributed by atoms with E-state index in [2.05, 4.69) is 0 Å². The molecule has 0 spiro atoms. The van der Waals surface area contributed by atoms with Crippen molar-refractivity contribution in [2.75, 3.05) is 0 Å². The van der Waals surface area contributed by atoms with Crippen LogP contribution >= 0.6 is 0 Å². The second-order valence-electron chi connectivity index (χ2n) is 9.26. The molecular weight excluding hydrogens is 520 g/mol. The molecule has 0 fully saturated rings. The summed E-state index contributed by atoms with van der Waals surface area (Å²) in [6.45, 7) is 0. The third-order valence-corrected chi connectivity index (χ3v) is 6.95. The fourth-order valence-corrected chi connectivity index (χ4v) is 5.14. The van der Waals surface area contributed by atoms with E-state index in [0.29, 0.717) is 0 Å². The monoisotopic (exact) mass is 572 g/mol. The fourth-order valence-electron chi connectivity index (χ4n) is 5.14. The molecule has 1 heteroatoms. The highest BCUT2D eigenvalue weighted by atomic mass is 16.3. The fraction of sp³-hybridized carbons (Fsp3) is 0. The predicted octanol–water partition coefficient (Wildman–Crippen LogP) is 12.0. The zero-order valence-corrected chi connectivity index (χ0v) is 21.4. The smallest absolute Gasteiger partial charge is 0.136 e. The SMILES string of the molecule is [2H]c1c([2H])c([2H])c(-c2c3c([2H])c([2H])c([2H])c([2H])c3c(-c3c([2H])c([2H])c4c(-c5c([2H])c([2H])c6c(oc7c([2H])c([2H])c([2H])c([2H])c76)c5[2H])c([2H])c([2H])c([2H])c4c3[2H])c3c([2H])c([2H])c([2H])c([2H])c23)c([2H])c1[2H]. The van der Waals surface area contributed by atoms with Crippen LogP contribution < -0.4 is 0 Å². The van der Waals surface area contributed by atoms with Gasteiger partial charge < -0.3 is 4.42 Å². The lowest BCUT2D eigenvalue weighted by molar-refractivity contribution is 0.669. The molecule has 0 N–H and O–H groups in total. The molecule has 0 atom stereocenters. The van der Waals surface area contributed by atoms with E-state index in [0.717, 1.165) is 0 Å². The largest absolute Gasteiger partial charge is 0.456 e. The summed E-state index contributed by atoms with van der Waals surface area (Å²) in [5.41, 5.74) is -5.39. The minimum absolute atomic E-state index is 0.339. The molecule has 0 radical (unpaired) electrons. The molecule has 0 saturated carbocycles. The lowest BCUT2D eigenvalue weighted by atomic mass is 9.85. The van der Waals surface area contributed by atoms with Crippen molar-refractivity contribution in [3.05, 3.63) is 157 Å². The van der Waals surface area contributed by atoms with Gasteiger partial charge in [0.25, 0.3) is 0 Å². The summed E-state index contributed by atoms with van der Waals surface area (Å²) >= 11 is 0. The molecule has 0 bridgehead atoms. The molecule has 0 aliphatic carbocycles. The summed E-state index contributed by atoms with van der Waals surface area (Å²) in [5, 5.41) is -4.94. The van der Waals surface area contributed by atoms with Crippen LogP contribution in [0, 0.1) is 0 Å². The summed E-state index contributed by atoms with van der Waals surface area (Å²) in [7, 11) is 0. The van der Waals surface area contributed by atoms with Crippen LogP contribution in [0.1, 0.15) is 35.6 Å². The average molecular weight is 573 g/mol. The van der Waals surface area contributed by atoms with Gasteiger partial charge in [-0.15, -0.1) is 0 Å². The standard InChI is InChI=1S/C42H26O/c1-2-11-27(12-3-1)41-35-15-4-6-17-37(35)42(38-18-7-5-16-36(38)41)30-22-23-32-28(25-30)13-10-19-31(32)29-21-24-34-33-14-8-9-20-39(33)43-40(34)26-29/h1-26H/i1D,2D,3D,4D,5D,6D,7D,8D,9D,10D,11D,12D,13D,14D,15D,16D,17D,18D,19D,20D,21D,22D,23D,24D,25D,26D. The van der Waals surface area contributed by atoms with Crippen LogP contribution in [0.5, 0.6) is 0 Å². The quantitative estimate of drug-likeness (QED) is 0.192. The normalized spacial score (nSPS) is 20.2. The third kappa shape index (κ3) is 3.72. The van der Waals surface area contributed by atoms with Gasteiger partial charge in [-0.3, -0.25) is 0 Å². The van der Waals surface area contributed by atoms with Crippen molar-refractivity contribution in [3.8, 4) is 33.4 Å². The van der Waals surface area contributed by atoms with E-state index < -0.39 is 234 Å². The first-order valence-electron chi connectivity index (χ1n) is 25.7. The summed E-state index contributed by atoms with van der Waals surface area (Å²) < 4.78 is 237. The number of hydrogen-bond acceptors (Lipinski definition) is 1. The van der Waals surface area contributed by atoms with Crippen molar-refractivity contribution in [1.82, 2.24) is 0 Å². The summed E-state index contributed by atoms with van der Waals surface area (Å²) in [6, 6.07) is -23.4. The van der Waals surface area contributed by atoms with Gasteiger partial charge in [-0.05, 0) is 89.9 Å². The van der Waals surface area contributed by atoms with Gasteiger partial charge in [-0.1, -0.05) is 133 Å². The molecular formula is C42H26O. The molecule has 0 unspecified atom stereocenters. The maximum absolute atomic E-state index is 9.77. The lowest BCUT2D eigenvalue weighted by Crippen LogP contribution is -1.91. The summed E-state index contributed by atoms with van der Waals surface area (Å²) in [5.74, 6) is 0. The van der Waals surface area contributed by atoms with E-state index >= 15 is 0 Å². The number of furan rings is 1. The predicted molar refractivity (Wildman–Crippen MR) is 183 cm³/mol. The lowest BCUT2D eigenvalue weighted by Gasteiger charge is -2.18. The van der Waals surface area contributed by atoms with Crippen molar-refractivity contribution < 1.29 is 40.1 Å². The Kier molecular flexibility index (Phi) is 2.13. The highest BCUT2D eigenvalue weighted by Gasteiger charge is 2.17. The third-order valence-electron chi connectivity index (χ3n) is 6.95. The Balaban J connectivity index is 1.55. The van der Waals surface area contributed by atoms with Crippen molar-refractivity contribution in [3.63, 3.8) is 0 Å². The van der Waals surface area contributed by atoms with E-state index in [1.165, 1.54) is 0 Å². The Bertz CT molecular complexity index is 3860. The van der Waals surface area contributed by atoms with Crippen LogP contribution in [0.15, 0.2) is 162 Å². The minimum Gasteiger partial charge on any atom is -0.456 e. The molecule has 1 heterocycles. The first-order chi connectivity index (χ1) is 32.2. The topological polar surface area (TPSA) is 13.1 Å². The van der Waals surface area contributed by atoms with Gasteiger partial charge in [0, 0.05) is 10.8 Å². The van der Waals surface area contributed by atoms with Gasteiger partial charge in [0.05, 0.1) is 35.6 Å². The molecule has 1 aromatic heterocycles. The Morgan fingerprint density at radius 3 is 1.63 bits per heavy atom. The first kappa shape index (κ1) is 9.69. The second-order valence-corrected chi connectivity index (χ2v) is 9.26. The highest BCUT2D eigenvalue weighted by molar-refractivity contribution is 6.22. The summed E-state index contributed by atoms with van der Waals surface area (Å²) in [6.07, 6.45) is 0. The maximum atomic E-state index is 9.77. The van der Waals surface area contributed by atoms with E-state index in [4.69, 9.17) is 29.1 Å². The number of hydrogen-bond donors (Lipinski definition) is 0. The Hall–Kier alpha value is -5.66. The van der Waals surface area contributed by atoms with Gasteiger partial charge in [-0.25, -0.2) is 0 Å². The summed E-state index contributed by atoms with van der Waals surface area (Å²) in [4.78, 5) is 0. The van der Waals surface area contributed by atoms with Crippen LogP contribution in [-0.2, 0) is 0 Å². The molecule has 9 aromatic rings. The number of fused-ring (bicyclic) bond motifs is 6. The molecule has 0 aliphatic heterocycles. The van der Waals surface area contributed by atoms with Crippen LogP contribution in [0.3, 0.4) is 0 Å². The zero-order chi connectivity index (χ0) is 51.0. The van der Waals surface area contributed by atoms with Gasteiger partial charge in [0.1, 0.15) is 11.2 Å². The minimum atomic E-state index is -1.05. The zero-order valence-electron chi connectivity index (χ0n) is 47.4. The molecule has 200 valence electrons. The molecule has 43 heavy (non-hydrogen) atoms. The van der Waals surface area contributed by atoms with Crippen molar-refractivity contribution in [2.45, 2.75) is 0 Å². The van der Waals surface area contributed by atoms with Gasteiger partial charge >= 0.3 is 0 Å². The van der Waals surface area contributed by atoms with Crippen molar-refractivity contribution >= 4 is 54.3 Å². The van der Waals surface area contributed by atoms with Gasteiger partial charge in [-0.2, -0.15) is 0 Å². The van der Waals surface area contributed by atoms with Crippen LogP contribution in [0.4, 0.5) is 0 Å². The molecule has 0 saturated heterocycles. The number of benzene rings is 8. The Labute approximate surface area is 285 Å².